The second-order valence-electron chi connectivity index (χ2n) is 4.57. The Morgan fingerprint density at radius 2 is 1.90 bits per heavy atom. The zero-order valence-corrected chi connectivity index (χ0v) is 12.2. The molecule has 2 rings (SSSR count). The van der Waals surface area contributed by atoms with Gasteiger partial charge in [-0.15, -0.1) is 0 Å². The van der Waals surface area contributed by atoms with E-state index in [1.165, 1.54) is 7.11 Å². The standard InChI is InChI=1S/C14H19N3O4/c1-3-21-14(19)17-8-6-16(7-9-17)13(18)11-4-5-15-12(10-11)20-2/h4-5,10H,3,6-9H2,1-2H3. The lowest BCUT2D eigenvalue weighted by Crippen LogP contribution is -2.50. The summed E-state index contributed by atoms with van der Waals surface area (Å²) in [5.41, 5.74) is 0.534. The van der Waals surface area contributed by atoms with Gasteiger partial charge in [0.05, 0.1) is 13.7 Å². The minimum absolute atomic E-state index is 0.0841. The highest BCUT2D eigenvalue weighted by atomic mass is 16.6. The maximum atomic E-state index is 12.4. The Hall–Kier alpha value is -2.31. The number of ether oxygens (including phenoxy) is 2. The summed E-state index contributed by atoms with van der Waals surface area (Å²) in [6.07, 6.45) is 1.22. The van der Waals surface area contributed by atoms with Gasteiger partial charge < -0.3 is 19.3 Å². The molecule has 0 unspecified atom stereocenters. The van der Waals surface area contributed by atoms with Crippen molar-refractivity contribution in [1.29, 1.82) is 0 Å². The number of nitrogens with zero attached hydrogens (tertiary/aromatic N) is 3. The van der Waals surface area contributed by atoms with Crippen LogP contribution < -0.4 is 4.74 Å². The third-order valence-corrected chi connectivity index (χ3v) is 3.28. The molecule has 0 aromatic carbocycles. The first-order valence-corrected chi connectivity index (χ1v) is 6.86. The molecular formula is C14H19N3O4. The maximum absolute atomic E-state index is 12.4. The lowest BCUT2D eigenvalue weighted by atomic mass is 10.2. The summed E-state index contributed by atoms with van der Waals surface area (Å²) in [6.45, 7) is 4.06. The summed E-state index contributed by atoms with van der Waals surface area (Å²) < 4.78 is 9.97. The zero-order valence-electron chi connectivity index (χ0n) is 12.2. The number of carbonyl (C=O) groups excluding carboxylic acids is 2. The van der Waals surface area contributed by atoms with Crippen molar-refractivity contribution in [2.45, 2.75) is 6.92 Å². The first kappa shape index (κ1) is 15.1. The Balaban J connectivity index is 1.95. The molecule has 0 atom stereocenters. The van der Waals surface area contributed by atoms with Gasteiger partial charge in [-0.2, -0.15) is 0 Å². The van der Waals surface area contributed by atoms with Gasteiger partial charge in [0.15, 0.2) is 0 Å². The van der Waals surface area contributed by atoms with Gasteiger partial charge in [-0.05, 0) is 13.0 Å². The van der Waals surface area contributed by atoms with Crippen LogP contribution >= 0.6 is 0 Å². The molecule has 1 aromatic heterocycles. The number of piperazine rings is 1. The van der Waals surface area contributed by atoms with Crippen LogP contribution in [0.15, 0.2) is 18.3 Å². The topological polar surface area (TPSA) is 72.0 Å². The van der Waals surface area contributed by atoms with Crippen LogP contribution in [0.5, 0.6) is 5.88 Å². The first-order chi connectivity index (χ1) is 10.2. The van der Waals surface area contributed by atoms with Gasteiger partial charge in [0.25, 0.3) is 5.91 Å². The van der Waals surface area contributed by atoms with E-state index in [0.717, 1.165) is 0 Å². The summed E-state index contributed by atoms with van der Waals surface area (Å²) >= 11 is 0. The number of hydrogen-bond acceptors (Lipinski definition) is 5. The molecule has 0 bridgehead atoms. The molecule has 1 aliphatic heterocycles. The Kier molecular flexibility index (Phi) is 4.97. The predicted molar refractivity (Wildman–Crippen MR) is 75.3 cm³/mol. The smallest absolute Gasteiger partial charge is 0.409 e. The van der Waals surface area contributed by atoms with Gasteiger partial charge in [0.1, 0.15) is 0 Å². The fraction of sp³-hybridized carbons (Fsp3) is 0.500. The number of amides is 2. The van der Waals surface area contributed by atoms with Gasteiger partial charge in [-0.1, -0.05) is 0 Å². The molecule has 7 heteroatoms. The van der Waals surface area contributed by atoms with Crippen LogP contribution in [-0.2, 0) is 4.74 Å². The van der Waals surface area contributed by atoms with Crippen LogP contribution in [-0.4, -0.2) is 66.7 Å². The fourth-order valence-corrected chi connectivity index (χ4v) is 2.14. The number of aromatic nitrogens is 1. The minimum atomic E-state index is -0.324. The van der Waals surface area contributed by atoms with E-state index in [9.17, 15) is 9.59 Å². The first-order valence-electron chi connectivity index (χ1n) is 6.86. The van der Waals surface area contributed by atoms with Crippen molar-refractivity contribution in [2.24, 2.45) is 0 Å². The fourth-order valence-electron chi connectivity index (χ4n) is 2.14. The predicted octanol–water partition coefficient (Wildman–Crippen LogP) is 1.00. The van der Waals surface area contributed by atoms with E-state index in [4.69, 9.17) is 9.47 Å². The van der Waals surface area contributed by atoms with Crippen LogP contribution in [0.3, 0.4) is 0 Å². The van der Waals surface area contributed by atoms with Crippen molar-refractivity contribution in [3.8, 4) is 5.88 Å². The largest absolute Gasteiger partial charge is 0.481 e. The van der Waals surface area contributed by atoms with Crippen LogP contribution in [0.25, 0.3) is 0 Å². The molecule has 0 radical (unpaired) electrons. The Bertz CT molecular complexity index is 513. The van der Waals surface area contributed by atoms with Crippen molar-refractivity contribution >= 4 is 12.0 Å². The second kappa shape index (κ2) is 6.92. The lowest BCUT2D eigenvalue weighted by Gasteiger charge is -2.34. The van der Waals surface area contributed by atoms with Gasteiger partial charge in [-0.3, -0.25) is 4.79 Å². The molecule has 2 amide bonds. The highest BCUT2D eigenvalue weighted by Gasteiger charge is 2.25. The summed E-state index contributed by atoms with van der Waals surface area (Å²) in [4.78, 5) is 31.3. The van der Waals surface area contributed by atoms with E-state index in [0.29, 0.717) is 44.2 Å². The average Bonchev–Trinajstić information content (AvgIpc) is 2.54. The number of rotatable bonds is 3. The van der Waals surface area contributed by atoms with E-state index >= 15 is 0 Å². The zero-order chi connectivity index (χ0) is 15.2. The molecule has 0 N–H and O–H groups in total. The van der Waals surface area contributed by atoms with Crippen molar-refractivity contribution in [3.05, 3.63) is 23.9 Å². The molecule has 21 heavy (non-hydrogen) atoms. The van der Waals surface area contributed by atoms with Crippen molar-refractivity contribution in [3.63, 3.8) is 0 Å². The van der Waals surface area contributed by atoms with Gasteiger partial charge >= 0.3 is 6.09 Å². The minimum Gasteiger partial charge on any atom is -0.481 e. The molecule has 1 fully saturated rings. The van der Waals surface area contributed by atoms with E-state index < -0.39 is 0 Å². The molecule has 0 saturated carbocycles. The van der Waals surface area contributed by atoms with Gasteiger partial charge in [0, 0.05) is 44.0 Å². The average molecular weight is 293 g/mol. The molecule has 114 valence electrons. The molecular weight excluding hydrogens is 274 g/mol. The SMILES string of the molecule is CCOC(=O)N1CCN(C(=O)c2ccnc(OC)c2)CC1. The Morgan fingerprint density at radius 1 is 1.24 bits per heavy atom. The van der Waals surface area contributed by atoms with E-state index in [1.54, 1.807) is 35.1 Å². The van der Waals surface area contributed by atoms with Crippen molar-refractivity contribution in [2.75, 3.05) is 39.9 Å². The van der Waals surface area contributed by atoms with Crippen LogP contribution in [0.1, 0.15) is 17.3 Å². The normalized spacial score (nSPS) is 14.8. The third kappa shape index (κ3) is 3.62. The molecule has 2 heterocycles. The van der Waals surface area contributed by atoms with E-state index in [2.05, 4.69) is 4.98 Å². The molecule has 1 saturated heterocycles. The summed E-state index contributed by atoms with van der Waals surface area (Å²) in [7, 11) is 1.51. The number of pyridine rings is 1. The molecule has 7 nitrogen and oxygen atoms in total. The summed E-state index contributed by atoms with van der Waals surface area (Å²) in [5, 5.41) is 0. The monoisotopic (exact) mass is 293 g/mol. The molecule has 1 aliphatic rings. The van der Waals surface area contributed by atoms with Gasteiger partial charge in [-0.25, -0.2) is 9.78 Å². The Morgan fingerprint density at radius 3 is 2.52 bits per heavy atom. The number of methoxy groups -OCH3 is 1. The van der Waals surface area contributed by atoms with Crippen molar-refractivity contribution < 1.29 is 19.1 Å². The second-order valence-corrected chi connectivity index (χ2v) is 4.57. The summed E-state index contributed by atoms with van der Waals surface area (Å²) in [6, 6.07) is 3.27. The lowest BCUT2D eigenvalue weighted by molar-refractivity contribution is 0.0570. The summed E-state index contributed by atoms with van der Waals surface area (Å²) in [5.74, 6) is 0.324. The molecule has 1 aromatic rings. The Labute approximate surface area is 123 Å². The molecule has 0 aliphatic carbocycles. The van der Waals surface area contributed by atoms with Crippen LogP contribution in [0, 0.1) is 0 Å². The van der Waals surface area contributed by atoms with Crippen molar-refractivity contribution in [1.82, 2.24) is 14.8 Å². The number of hydrogen-bond donors (Lipinski definition) is 0. The highest BCUT2D eigenvalue weighted by molar-refractivity contribution is 5.94. The van der Waals surface area contributed by atoms with E-state index in [-0.39, 0.29) is 12.0 Å². The third-order valence-electron chi connectivity index (χ3n) is 3.28. The quantitative estimate of drug-likeness (QED) is 0.831. The van der Waals surface area contributed by atoms with E-state index in [1.807, 2.05) is 0 Å². The highest BCUT2D eigenvalue weighted by Crippen LogP contribution is 2.13. The van der Waals surface area contributed by atoms with Crippen LogP contribution in [0.4, 0.5) is 4.79 Å². The maximum Gasteiger partial charge on any atom is 0.409 e. The number of carbonyl (C=O) groups is 2. The van der Waals surface area contributed by atoms with Crippen LogP contribution in [0.2, 0.25) is 0 Å². The molecule has 0 spiro atoms. The van der Waals surface area contributed by atoms with Gasteiger partial charge in [0.2, 0.25) is 5.88 Å².